The molecule has 0 N–H and O–H groups in total. The van der Waals surface area contributed by atoms with Gasteiger partial charge in [-0.05, 0) is 40.2 Å². The summed E-state index contributed by atoms with van der Waals surface area (Å²) in [5.74, 6) is 0. The van der Waals surface area contributed by atoms with Gasteiger partial charge in [-0.2, -0.15) is 0 Å². The number of rotatable bonds is 4. The molecule has 0 bridgehead atoms. The highest BCUT2D eigenvalue weighted by atomic mass is 15.5. The zero-order valence-electron chi connectivity index (χ0n) is 9.33. The van der Waals surface area contributed by atoms with Crippen LogP contribution in [-0.4, -0.2) is 41.1 Å². The van der Waals surface area contributed by atoms with Gasteiger partial charge in [0, 0.05) is 18.1 Å². The summed E-state index contributed by atoms with van der Waals surface area (Å²) < 4.78 is 0. The Hall–Kier alpha value is -0.0800. The van der Waals surface area contributed by atoms with Crippen molar-refractivity contribution in [2.75, 3.05) is 7.05 Å². The van der Waals surface area contributed by atoms with E-state index in [9.17, 15) is 0 Å². The molecular weight excluding hydrogens is 160 g/mol. The molecule has 1 aliphatic carbocycles. The number of likely N-dealkylation sites (N-methyl/N-ethyl adjacent to an activating group) is 1. The average molecular weight is 182 g/mol. The summed E-state index contributed by atoms with van der Waals surface area (Å²) in [5, 5.41) is 0. The molecule has 1 unspecified atom stereocenters. The molecule has 0 spiro atoms. The SMILES string of the molecule is CC[C@@H](C)N1[C@H](C)[C@@H]1N(C)C1CC1. The van der Waals surface area contributed by atoms with Gasteiger partial charge in [-0.3, -0.25) is 9.80 Å². The summed E-state index contributed by atoms with van der Waals surface area (Å²) in [5.41, 5.74) is 0. The second kappa shape index (κ2) is 3.25. The van der Waals surface area contributed by atoms with Gasteiger partial charge in [0.05, 0.1) is 6.17 Å². The van der Waals surface area contributed by atoms with Crippen LogP contribution in [0.4, 0.5) is 0 Å². The highest BCUT2D eigenvalue weighted by Crippen LogP contribution is 2.39. The van der Waals surface area contributed by atoms with E-state index in [0.29, 0.717) is 0 Å². The molecule has 76 valence electrons. The lowest BCUT2D eigenvalue weighted by molar-refractivity contribution is 0.228. The summed E-state index contributed by atoms with van der Waals surface area (Å²) in [6.45, 7) is 6.98. The first-order valence-corrected chi connectivity index (χ1v) is 5.66. The standard InChI is InChI=1S/C11H22N2/c1-5-8(2)13-9(3)11(13)12(4)10-6-7-10/h8-11H,5-7H2,1-4H3/t8-,9-,11-,13?/m1/s1. The van der Waals surface area contributed by atoms with Gasteiger partial charge < -0.3 is 0 Å². The Morgan fingerprint density at radius 3 is 2.54 bits per heavy atom. The molecule has 2 fully saturated rings. The van der Waals surface area contributed by atoms with Gasteiger partial charge in [-0.25, -0.2) is 0 Å². The van der Waals surface area contributed by atoms with E-state index in [1.165, 1.54) is 19.3 Å². The van der Waals surface area contributed by atoms with Crippen molar-refractivity contribution in [2.45, 2.75) is 64.3 Å². The fourth-order valence-corrected chi connectivity index (χ4v) is 2.48. The lowest BCUT2D eigenvalue weighted by Crippen LogP contribution is -2.30. The van der Waals surface area contributed by atoms with Crippen molar-refractivity contribution in [3.63, 3.8) is 0 Å². The fourth-order valence-electron chi connectivity index (χ4n) is 2.48. The maximum absolute atomic E-state index is 2.64. The lowest BCUT2D eigenvalue weighted by atomic mass is 10.3. The van der Waals surface area contributed by atoms with Gasteiger partial charge >= 0.3 is 0 Å². The van der Waals surface area contributed by atoms with Crippen LogP contribution in [0.25, 0.3) is 0 Å². The van der Waals surface area contributed by atoms with Gasteiger partial charge in [-0.15, -0.1) is 0 Å². The van der Waals surface area contributed by atoms with Crippen molar-refractivity contribution in [3.05, 3.63) is 0 Å². The Labute approximate surface area is 81.9 Å². The molecule has 0 aromatic rings. The van der Waals surface area contributed by atoms with Crippen molar-refractivity contribution >= 4 is 0 Å². The first kappa shape index (κ1) is 9.47. The normalized spacial score (nSPS) is 40.8. The second-order valence-electron chi connectivity index (χ2n) is 4.76. The van der Waals surface area contributed by atoms with E-state index in [2.05, 4.69) is 37.6 Å². The molecule has 1 aliphatic heterocycles. The first-order valence-electron chi connectivity index (χ1n) is 5.66. The van der Waals surface area contributed by atoms with Crippen LogP contribution in [0.3, 0.4) is 0 Å². The van der Waals surface area contributed by atoms with Gasteiger partial charge in [0.1, 0.15) is 0 Å². The van der Waals surface area contributed by atoms with Crippen LogP contribution in [0, 0.1) is 0 Å². The van der Waals surface area contributed by atoms with Crippen molar-refractivity contribution < 1.29 is 0 Å². The molecule has 2 aliphatic rings. The Kier molecular flexibility index (Phi) is 2.37. The third-order valence-corrected chi connectivity index (χ3v) is 3.76. The van der Waals surface area contributed by atoms with E-state index in [1.807, 2.05) is 0 Å². The van der Waals surface area contributed by atoms with Crippen LogP contribution < -0.4 is 0 Å². The van der Waals surface area contributed by atoms with Crippen LogP contribution >= 0.6 is 0 Å². The monoisotopic (exact) mass is 182 g/mol. The van der Waals surface area contributed by atoms with E-state index in [1.54, 1.807) is 0 Å². The van der Waals surface area contributed by atoms with Crippen LogP contribution in [-0.2, 0) is 0 Å². The highest BCUT2D eigenvalue weighted by Gasteiger charge is 2.51. The maximum Gasteiger partial charge on any atom is 0.0786 e. The largest absolute Gasteiger partial charge is 0.287 e. The maximum atomic E-state index is 2.64. The van der Waals surface area contributed by atoms with Gasteiger partial charge in [0.2, 0.25) is 0 Å². The molecule has 0 amide bonds. The molecule has 1 heterocycles. The minimum atomic E-state index is 0.752. The molecule has 0 aromatic heterocycles. The number of nitrogens with zero attached hydrogens (tertiary/aromatic N) is 2. The number of hydrogen-bond donors (Lipinski definition) is 0. The summed E-state index contributed by atoms with van der Waals surface area (Å²) in [4.78, 5) is 5.22. The van der Waals surface area contributed by atoms with Crippen LogP contribution in [0.5, 0.6) is 0 Å². The summed E-state index contributed by atoms with van der Waals surface area (Å²) >= 11 is 0. The highest BCUT2D eigenvalue weighted by molar-refractivity contribution is 5.03. The van der Waals surface area contributed by atoms with Gasteiger partial charge in [0.25, 0.3) is 0 Å². The van der Waals surface area contributed by atoms with Gasteiger partial charge in [-0.1, -0.05) is 6.92 Å². The fraction of sp³-hybridized carbons (Fsp3) is 1.00. The first-order chi connectivity index (χ1) is 6.16. The average Bonchev–Trinajstić information content (AvgIpc) is 2.95. The van der Waals surface area contributed by atoms with Crippen molar-refractivity contribution in [3.8, 4) is 0 Å². The van der Waals surface area contributed by atoms with E-state index < -0.39 is 0 Å². The summed E-state index contributed by atoms with van der Waals surface area (Å²) in [6, 6.07) is 2.46. The Balaban J connectivity index is 1.88. The third kappa shape index (κ3) is 1.62. The summed E-state index contributed by atoms with van der Waals surface area (Å²) in [7, 11) is 2.29. The van der Waals surface area contributed by atoms with Crippen LogP contribution in [0.15, 0.2) is 0 Å². The Morgan fingerprint density at radius 2 is 2.08 bits per heavy atom. The van der Waals surface area contributed by atoms with Crippen LogP contribution in [0.1, 0.15) is 40.0 Å². The number of hydrogen-bond acceptors (Lipinski definition) is 2. The summed E-state index contributed by atoms with van der Waals surface area (Å²) in [6.07, 6.45) is 4.88. The van der Waals surface area contributed by atoms with E-state index in [4.69, 9.17) is 0 Å². The molecule has 2 heteroatoms. The minimum Gasteiger partial charge on any atom is -0.287 e. The molecule has 2 nitrogen and oxygen atoms in total. The quantitative estimate of drug-likeness (QED) is 0.613. The van der Waals surface area contributed by atoms with Crippen molar-refractivity contribution in [1.29, 1.82) is 0 Å². The predicted octanol–water partition coefficient (Wildman–Crippen LogP) is 1.91. The van der Waals surface area contributed by atoms with Gasteiger partial charge in [0.15, 0.2) is 0 Å². The molecule has 13 heavy (non-hydrogen) atoms. The smallest absolute Gasteiger partial charge is 0.0786 e. The van der Waals surface area contributed by atoms with E-state index in [0.717, 1.165) is 24.3 Å². The Bertz CT molecular complexity index is 189. The third-order valence-electron chi connectivity index (χ3n) is 3.76. The molecule has 1 saturated carbocycles. The molecule has 0 aromatic carbocycles. The molecule has 4 atom stereocenters. The molecule has 2 rings (SSSR count). The molecule has 1 saturated heterocycles. The van der Waals surface area contributed by atoms with Crippen molar-refractivity contribution in [2.24, 2.45) is 0 Å². The van der Waals surface area contributed by atoms with E-state index >= 15 is 0 Å². The predicted molar refractivity (Wildman–Crippen MR) is 55.6 cm³/mol. The zero-order chi connectivity index (χ0) is 9.59. The topological polar surface area (TPSA) is 6.25 Å². The lowest BCUT2D eigenvalue weighted by Gasteiger charge is -2.18. The van der Waals surface area contributed by atoms with Crippen molar-refractivity contribution in [1.82, 2.24) is 9.80 Å². The molecular formula is C11H22N2. The second-order valence-corrected chi connectivity index (χ2v) is 4.76. The minimum absolute atomic E-state index is 0.752. The molecule has 0 radical (unpaired) electrons. The zero-order valence-corrected chi connectivity index (χ0v) is 9.33. The Morgan fingerprint density at radius 1 is 1.46 bits per heavy atom. The van der Waals surface area contributed by atoms with E-state index in [-0.39, 0.29) is 0 Å². The van der Waals surface area contributed by atoms with Crippen LogP contribution in [0.2, 0.25) is 0 Å².